The summed E-state index contributed by atoms with van der Waals surface area (Å²) in [6.45, 7) is 0.964. The lowest BCUT2D eigenvalue weighted by Crippen LogP contribution is -2.41. The highest BCUT2D eigenvalue weighted by Gasteiger charge is 2.44. The molecule has 0 radical (unpaired) electrons. The Morgan fingerprint density at radius 1 is 1.19 bits per heavy atom. The van der Waals surface area contributed by atoms with E-state index in [0.717, 1.165) is 9.82 Å². The lowest BCUT2D eigenvalue weighted by molar-refractivity contribution is -0.146. The van der Waals surface area contributed by atoms with Crippen LogP contribution in [-0.4, -0.2) is 59.9 Å². The van der Waals surface area contributed by atoms with E-state index in [-0.39, 0.29) is 17.9 Å². The summed E-state index contributed by atoms with van der Waals surface area (Å²) in [5.41, 5.74) is 1.86. The Balaban J connectivity index is 1.51. The number of hydrogen-bond donors (Lipinski definition) is 2. The first kappa shape index (κ1) is 22.5. The van der Waals surface area contributed by atoms with Crippen LogP contribution in [0.15, 0.2) is 53.4 Å². The molecule has 8 nitrogen and oxygen atoms in total. The summed E-state index contributed by atoms with van der Waals surface area (Å²) >= 11 is 5.83. The summed E-state index contributed by atoms with van der Waals surface area (Å²) in [5.74, 6) is -1.29. The Hall–Kier alpha value is -2.72. The number of carbonyl (C=O) groups excluding carboxylic acids is 2. The van der Waals surface area contributed by atoms with E-state index in [9.17, 15) is 23.1 Å². The monoisotopic (exact) mass is 476 g/mol. The van der Waals surface area contributed by atoms with Crippen molar-refractivity contribution in [2.75, 3.05) is 13.2 Å². The Kier molecular flexibility index (Phi) is 6.09. The van der Waals surface area contributed by atoms with Crippen molar-refractivity contribution in [1.82, 2.24) is 9.29 Å². The number of benzene rings is 2. The second kappa shape index (κ2) is 8.67. The minimum atomic E-state index is -4.08. The minimum absolute atomic E-state index is 0.0562. The maximum Gasteiger partial charge on any atom is 0.325 e. The number of para-hydroxylation sites is 1. The molecule has 10 heteroatoms. The number of esters is 1. The summed E-state index contributed by atoms with van der Waals surface area (Å²) in [6, 6.07) is 11.6. The fraction of sp³-hybridized carbons (Fsp3) is 0.273. The lowest BCUT2D eigenvalue weighted by Gasteiger charge is -2.22. The molecule has 4 rings (SSSR count). The molecule has 3 aromatic rings. The third-order valence-electron chi connectivity index (χ3n) is 5.44. The van der Waals surface area contributed by atoms with Gasteiger partial charge in [0.2, 0.25) is 15.8 Å². The van der Waals surface area contributed by atoms with Gasteiger partial charge in [0.05, 0.1) is 11.0 Å². The molecular weight excluding hydrogens is 456 g/mol. The van der Waals surface area contributed by atoms with E-state index in [1.165, 1.54) is 24.3 Å². The second-order valence-corrected chi connectivity index (χ2v) is 9.96. The molecule has 2 atom stereocenters. The molecule has 2 aromatic carbocycles. The molecule has 1 saturated heterocycles. The number of nitrogens with zero attached hydrogens (tertiary/aromatic N) is 1. The molecule has 1 aromatic heterocycles. The molecule has 32 heavy (non-hydrogen) atoms. The van der Waals surface area contributed by atoms with Crippen molar-refractivity contribution in [3.63, 3.8) is 0 Å². The van der Waals surface area contributed by atoms with Crippen LogP contribution in [0.25, 0.3) is 10.9 Å². The minimum Gasteiger partial charge on any atom is -0.456 e. The van der Waals surface area contributed by atoms with Gasteiger partial charge in [-0.2, -0.15) is 4.31 Å². The Morgan fingerprint density at radius 2 is 1.88 bits per heavy atom. The van der Waals surface area contributed by atoms with Crippen LogP contribution in [0, 0.1) is 6.92 Å². The predicted octanol–water partition coefficient (Wildman–Crippen LogP) is 2.68. The summed E-state index contributed by atoms with van der Waals surface area (Å²) in [7, 11) is -4.08. The first-order valence-electron chi connectivity index (χ1n) is 9.91. The highest BCUT2D eigenvalue weighted by molar-refractivity contribution is 7.89. The number of aromatic nitrogens is 1. The zero-order valence-corrected chi connectivity index (χ0v) is 18.7. The van der Waals surface area contributed by atoms with Crippen molar-refractivity contribution in [1.29, 1.82) is 0 Å². The number of aryl methyl sites for hydroxylation is 1. The first-order valence-corrected chi connectivity index (χ1v) is 11.7. The van der Waals surface area contributed by atoms with E-state index in [2.05, 4.69) is 4.98 Å². The largest absolute Gasteiger partial charge is 0.456 e. The molecule has 0 spiro atoms. The number of ketones is 1. The molecule has 0 aliphatic carbocycles. The van der Waals surface area contributed by atoms with E-state index in [0.29, 0.717) is 21.7 Å². The average Bonchev–Trinajstić information content (AvgIpc) is 3.31. The van der Waals surface area contributed by atoms with Gasteiger partial charge in [-0.05, 0) is 37.3 Å². The number of rotatable bonds is 6. The number of aliphatic hydroxyl groups is 1. The summed E-state index contributed by atoms with van der Waals surface area (Å²) in [5, 5.41) is 11.1. The van der Waals surface area contributed by atoms with Gasteiger partial charge in [0.25, 0.3) is 0 Å². The van der Waals surface area contributed by atoms with Crippen LogP contribution in [0.3, 0.4) is 0 Å². The predicted molar refractivity (Wildman–Crippen MR) is 118 cm³/mol. The quantitative estimate of drug-likeness (QED) is 0.417. The number of fused-ring (bicyclic) bond motifs is 1. The molecule has 1 aliphatic rings. The van der Waals surface area contributed by atoms with Crippen molar-refractivity contribution in [2.45, 2.75) is 30.4 Å². The Bertz CT molecular complexity index is 1290. The number of aromatic amines is 1. The van der Waals surface area contributed by atoms with Gasteiger partial charge in [0.1, 0.15) is 6.04 Å². The zero-order chi connectivity index (χ0) is 23.0. The molecule has 0 amide bonds. The van der Waals surface area contributed by atoms with E-state index in [1.54, 1.807) is 19.1 Å². The molecule has 1 fully saturated rings. The smallest absolute Gasteiger partial charge is 0.325 e. The van der Waals surface area contributed by atoms with E-state index >= 15 is 0 Å². The van der Waals surface area contributed by atoms with Gasteiger partial charge in [0, 0.05) is 40.1 Å². The van der Waals surface area contributed by atoms with Crippen LogP contribution in [0.5, 0.6) is 0 Å². The number of β-amino-alcohol motifs (C(OH)–C–C–N with tert-alkyl or cyclic N) is 1. The van der Waals surface area contributed by atoms with Crippen molar-refractivity contribution in [2.24, 2.45) is 0 Å². The van der Waals surface area contributed by atoms with Crippen molar-refractivity contribution in [3.8, 4) is 0 Å². The number of Topliss-reactive ketones (excluding diaryl/α,β-unsaturated/α-hetero) is 1. The van der Waals surface area contributed by atoms with Gasteiger partial charge < -0.3 is 14.8 Å². The molecule has 0 bridgehead atoms. The van der Waals surface area contributed by atoms with Gasteiger partial charge in [-0.3, -0.25) is 9.59 Å². The number of H-pyrrole nitrogens is 1. The van der Waals surface area contributed by atoms with Crippen LogP contribution in [0.4, 0.5) is 0 Å². The fourth-order valence-corrected chi connectivity index (χ4v) is 5.70. The summed E-state index contributed by atoms with van der Waals surface area (Å²) < 4.78 is 32.1. The van der Waals surface area contributed by atoms with Gasteiger partial charge in [0.15, 0.2) is 6.61 Å². The number of sulfonamides is 1. The lowest BCUT2D eigenvalue weighted by atomic mass is 10.1. The maximum atomic E-state index is 13.0. The normalized spacial score (nSPS) is 19.3. The van der Waals surface area contributed by atoms with Crippen molar-refractivity contribution in [3.05, 3.63) is 64.8 Å². The third kappa shape index (κ3) is 4.16. The molecule has 1 unspecified atom stereocenters. The Morgan fingerprint density at radius 3 is 2.59 bits per heavy atom. The summed E-state index contributed by atoms with van der Waals surface area (Å²) in [6.07, 6.45) is -1.15. The highest BCUT2D eigenvalue weighted by Crippen LogP contribution is 2.28. The standard InChI is InChI=1S/C22H21ClN2O6S/c1-13-21(17-4-2-3-5-18(17)24-13)20(27)12-31-22(28)19-10-15(26)11-25(19)32(29,30)16-8-6-14(23)7-9-16/h2-9,15,19,24,26H,10-12H2,1H3/t15?,19-/m0/s1. The van der Waals surface area contributed by atoms with Crippen molar-refractivity contribution < 1.29 is 27.9 Å². The topological polar surface area (TPSA) is 117 Å². The van der Waals surface area contributed by atoms with Gasteiger partial charge in [-0.25, -0.2) is 8.42 Å². The number of aliphatic hydroxyl groups excluding tert-OH is 1. The molecule has 168 valence electrons. The van der Waals surface area contributed by atoms with Gasteiger partial charge in [-0.1, -0.05) is 29.8 Å². The van der Waals surface area contributed by atoms with Crippen molar-refractivity contribution >= 4 is 44.3 Å². The molecular formula is C22H21ClN2O6S. The molecule has 1 aliphatic heterocycles. The molecule has 0 saturated carbocycles. The number of halogens is 1. The van der Waals surface area contributed by atoms with Crippen LogP contribution in [0.2, 0.25) is 5.02 Å². The van der Waals surface area contributed by atoms with E-state index in [4.69, 9.17) is 16.3 Å². The zero-order valence-electron chi connectivity index (χ0n) is 17.1. The second-order valence-electron chi connectivity index (χ2n) is 7.64. The first-order chi connectivity index (χ1) is 15.2. The number of nitrogens with one attached hydrogen (secondary N) is 1. The van der Waals surface area contributed by atoms with Crippen LogP contribution in [-0.2, 0) is 19.6 Å². The van der Waals surface area contributed by atoms with Gasteiger partial charge >= 0.3 is 5.97 Å². The number of hydrogen-bond acceptors (Lipinski definition) is 6. The SMILES string of the molecule is Cc1[nH]c2ccccc2c1C(=O)COC(=O)[C@@H]1CC(O)CN1S(=O)(=O)c1ccc(Cl)cc1. The number of ether oxygens (including phenoxy) is 1. The van der Waals surface area contributed by atoms with E-state index in [1.807, 2.05) is 12.1 Å². The number of carbonyl (C=O) groups is 2. The molecule has 2 N–H and O–H groups in total. The highest BCUT2D eigenvalue weighted by atomic mass is 35.5. The van der Waals surface area contributed by atoms with Gasteiger partial charge in [-0.15, -0.1) is 0 Å². The summed E-state index contributed by atoms with van der Waals surface area (Å²) in [4.78, 5) is 28.6. The molecule has 2 heterocycles. The van der Waals surface area contributed by atoms with Crippen LogP contribution >= 0.6 is 11.6 Å². The van der Waals surface area contributed by atoms with E-state index < -0.39 is 40.5 Å². The fourth-order valence-electron chi connectivity index (χ4n) is 3.95. The Labute approximate surface area is 189 Å². The average molecular weight is 477 g/mol. The van der Waals surface area contributed by atoms with Crippen LogP contribution < -0.4 is 0 Å². The van der Waals surface area contributed by atoms with Crippen LogP contribution in [0.1, 0.15) is 22.5 Å². The third-order valence-corrected chi connectivity index (χ3v) is 7.58. The maximum absolute atomic E-state index is 13.0.